The molecule has 0 aliphatic carbocycles. The van der Waals surface area contributed by atoms with Crippen molar-refractivity contribution in [1.82, 2.24) is 0 Å². The Hall–Kier alpha value is -0.900. The van der Waals surface area contributed by atoms with Gasteiger partial charge in [-0.2, -0.15) is 0 Å². The highest BCUT2D eigenvalue weighted by Gasteiger charge is 2.58. The highest BCUT2D eigenvalue weighted by molar-refractivity contribution is 8.78. The van der Waals surface area contributed by atoms with E-state index in [2.05, 4.69) is 95.3 Å². The summed E-state index contributed by atoms with van der Waals surface area (Å²) < 4.78 is 6.51. The molecule has 3 rings (SSSR count). The minimum Gasteiger partial charge on any atom is -0.369 e. The first-order valence-electron chi connectivity index (χ1n) is 8.41. The largest absolute Gasteiger partial charge is 0.369 e. The molecule has 0 saturated carbocycles. The molecule has 0 amide bonds. The van der Waals surface area contributed by atoms with Crippen LogP contribution in [0.5, 0.6) is 0 Å². The number of benzene rings is 2. The number of rotatable bonds is 3. The van der Waals surface area contributed by atoms with Gasteiger partial charge in [-0.25, -0.2) is 0 Å². The Morgan fingerprint density at radius 3 is 1.67 bits per heavy atom. The van der Waals surface area contributed by atoms with Crippen molar-refractivity contribution >= 4 is 21.6 Å². The smallest absolute Gasteiger partial charge is 0.104 e. The van der Waals surface area contributed by atoms with Gasteiger partial charge in [0.1, 0.15) is 4.75 Å². The van der Waals surface area contributed by atoms with Crippen molar-refractivity contribution in [2.75, 3.05) is 0 Å². The lowest BCUT2D eigenvalue weighted by atomic mass is 9.80. The molecule has 2 aromatic carbocycles. The Labute approximate surface area is 154 Å². The van der Waals surface area contributed by atoms with Crippen molar-refractivity contribution < 1.29 is 4.74 Å². The second-order valence-electron chi connectivity index (χ2n) is 7.85. The lowest BCUT2D eigenvalue weighted by Crippen LogP contribution is -2.49. The third-order valence-corrected chi connectivity index (χ3v) is 8.27. The van der Waals surface area contributed by atoms with E-state index in [9.17, 15) is 0 Å². The summed E-state index contributed by atoms with van der Waals surface area (Å²) in [5.74, 6) is 0. The third-order valence-electron chi connectivity index (χ3n) is 4.27. The van der Waals surface area contributed by atoms with Gasteiger partial charge in [0.25, 0.3) is 0 Å². The maximum atomic E-state index is 6.70. The summed E-state index contributed by atoms with van der Waals surface area (Å²) in [5, 5.41) is 0. The lowest BCUT2D eigenvalue weighted by Gasteiger charge is -2.42. The van der Waals surface area contributed by atoms with Gasteiger partial charge < -0.3 is 4.74 Å². The van der Waals surface area contributed by atoms with E-state index in [0.717, 1.165) is 0 Å². The van der Waals surface area contributed by atoms with E-state index < -0.39 is 0 Å². The summed E-state index contributed by atoms with van der Waals surface area (Å²) in [6.07, 6.45) is 0.0739. The summed E-state index contributed by atoms with van der Waals surface area (Å²) in [4.78, 5) is 0. The van der Waals surface area contributed by atoms with Crippen molar-refractivity contribution in [3.05, 3.63) is 71.8 Å². The first-order chi connectivity index (χ1) is 11.3. The summed E-state index contributed by atoms with van der Waals surface area (Å²) >= 11 is 0. The average Bonchev–Trinajstić information content (AvgIpc) is 2.80. The van der Waals surface area contributed by atoms with Gasteiger partial charge in [0, 0.05) is 4.75 Å². The van der Waals surface area contributed by atoms with Crippen LogP contribution < -0.4 is 0 Å². The van der Waals surface area contributed by atoms with Gasteiger partial charge in [-0.15, -0.1) is 0 Å². The van der Waals surface area contributed by atoms with Gasteiger partial charge >= 0.3 is 0 Å². The molecule has 1 nitrogen and oxygen atoms in total. The number of ether oxygens (including phenoxy) is 1. The predicted octanol–water partition coefficient (Wildman–Crippen LogP) is 6.29. The van der Waals surface area contributed by atoms with Gasteiger partial charge in [-0.3, -0.25) is 0 Å². The van der Waals surface area contributed by atoms with Crippen LogP contribution in [0.2, 0.25) is 0 Å². The summed E-state index contributed by atoms with van der Waals surface area (Å²) in [6.45, 7) is 11.1. The minimum absolute atomic E-state index is 0.0175. The van der Waals surface area contributed by atoms with Crippen LogP contribution in [0.3, 0.4) is 0 Å². The van der Waals surface area contributed by atoms with E-state index in [-0.39, 0.29) is 21.2 Å². The summed E-state index contributed by atoms with van der Waals surface area (Å²) in [7, 11) is 3.88. The molecule has 1 aliphatic rings. The zero-order valence-corrected chi connectivity index (χ0v) is 16.7. The Bertz CT molecular complexity index is 634. The fraction of sp³-hybridized carbons (Fsp3) is 0.429. The molecule has 1 saturated heterocycles. The van der Waals surface area contributed by atoms with Crippen molar-refractivity contribution in [3.8, 4) is 0 Å². The highest BCUT2D eigenvalue weighted by Crippen LogP contribution is 2.66. The molecular weight excluding hydrogens is 332 g/mol. The van der Waals surface area contributed by atoms with Gasteiger partial charge in [0.15, 0.2) is 0 Å². The van der Waals surface area contributed by atoms with Crippen LogP contribution in [0.1, 0.15) is 45.7 Å². The van der Waals surface area contributed by atoms with Crippen LogP contribution in [0, 0.1) is 0 Å². The second-order valence-corrected chi connectivity index (χ2v) is 10.9. The molecule has 1 aliphatic heterocycles. The van der Waals surface area contributed by atoms with Crippen LogP contribution in [-0.4, -0.2) is 16.5 Å². The zero-order valence-electron chi connectivity index (χ0n) is 15.1. The van der Waals surface area contributed by atoms with Gasteiger partial charge in [-0.05, 0) is 45.7 Å². The molecule has 24 heavy (non-hydrogen) atoms. The average molecular weight is 359 g/mol. The molecule has 1 atom stereocenters. The van der Waals surface area contributed by atoms with Crippen molar-refractivity contribution in [2.45, 2.75) is 55.8 Å². The van der Waals surface area contributed by atoms with E-state index in [4.69, 9.17) is 4.74 Å². The van der Waals surface area contributed by atoms with Crippen molar-refractivity contribution in [3.63, 3.8) is 0 Å². The van der Waals surface area contributed by atoms with Gasteiger partial charge in [-0.1, -0.05) is 82.3 Å². The van der Waals surface area contributed by atoms with E-state index in [1.54, 1.807) is 0 Å². The van der Waals surface area contributed by atoms with E-state index in [1.165, 1.54) is 11.1 Å². The van der Waals surface area contributed by atoms with Crippen LogP contribution >= 0.6 is 21.6 Å². The zero-order chi connectivity index (χ0) is 17.4. The highest BCUT2D eigenvalue weighted by atomic mass is 33.1. The number of hydrogen-bond acceptors (Lipinski definition) is 3. The maximum absolute atomic E-state index is 6.70. The number of hydrogen-bond donors (Lipinski definition) is 0. The summed E-state index contributed by atoms with van der Waals surface area (Å²) in [5.41, 5.74) is 2.43. The van der Waals surface area contributed by atoms with Crippen LogP contribution in [0.15, 0.2) is 60.7 Å². The van der Waals surface area contributed by atoms with Crippen molar-refractivity contribution in [1.29, 1.82) is 0 Å². The quantitative estimate of drug-likeness (QED) is 0.597. The van der Waals surface area contributed by atoms with Crippen molar-refractivity contribution in [2.24, 2.45) is 0 Å². The van der Waals surface area contributed by atoms with Gasteiger partial charge in [0.05, 0.1) is 11.7 Å². The molecule has 0 aromatic heterocycles. The molecule has 0 spiro atoms. The fourth-order valence-electron chi connectivity index (χ4n) is 3.27. The van der Waals surface area contributed by atoms with Crippen LogP contribution in [0.4, 0.5) is 0 Å². The predicted molar refractivity (Wildman–Crippen MR) is 108 cm³/mol. The van der Waals surface area contributed by atoms with E-state index in [1.807, 2.05) is 21.6 Å². The molecule has 1 unspecified atom stereocenters. The minimum atomic E-state index is -0.204. The normalized spacial score (nSPS) is 22.5. The first-order valence-corrected chi connectivity index (χ1v) is 10.6. The van der Waals surface area contributed by atoms with Gasteiger partial charge in [0.2, 0.25) is 0 Å². The maximum Gasteiger partial charge on any atom is 0.104 e. The van der Waals surface area contributed by atoms with E-state index in [0.29, 0.717) is 0 Å². The molecule has 128 valence electrons. The fourth-order valence-corrected chi connectivity index (χ4v) is 7.03. The third kappa shape index (κ3) is 3.26. The Morgan fingerprint density at radius 1 is 0.792 bits per heavy atom. The summed E-state index contributed by atoms with van der Waals surface area (Å²) in [6, 6.07) is 21.6. The molecule has 0 bridgehead atoms. The second kappa shape index (κ2) is 6.44. The standard InChI is InChI=1S/C21H26OS2/c1-19(2,3)22-18-20(4,5)23-24-21(18,16-12-8-6-9-13-16)17-14-10-7-11-15-17/h6-15,18H,1-5H3. The Morgan fingerprint density at radius 2 is 1.25 bits per heavy atom. The first kappa shape index (κ1) is 17.9. The molecule has 0 N–H and O–H groups in total. The van der Waals surface area contributed by atoms with E-state index >= 15 is 0 Å². The molecule has 3 heteroatoms. The molecule has 0 radical (unpaired) electrons. The Kier molecular flexibility index (Phi) is 4.80. The lowest BCUT2D eigenvalue weighted by molar-refractivity contribution is -0.0822. The van der Waals surface area contributed by atoms with Crippen LogP contribution in [0.25, 0.3) is 0 Å². The monoisotopic (exact) mass is 358 g/mol. The molecule has 1 fully saturated rings. The Balaban J connectivity index is 2.21. The van der Waals surface area contributed by atoms with Crippen LogP contribution in [-0.2, 0) is 9.48 Å². The molecule has 1 heterocycles. The molecular formula is C21H26OS2. The molecule has 2 aromatic rings. The topological polar surface area (TPSA) is 9.23 Å². The SMILES string of the molecule is CC(C)(C)OC1C(C)(C)SSC1(c1ccccc1)c1ccccc1.